The Morgan fingerprint density at radius 2 is 2.47 bits per heavy atom. The van der Waals surface area contributed by atoms with Crippen LogP contribution in [0.25, 0.3) is 0 Å². The van der Waals surface area contributed by atoms with Gasteiger partial charge in [0.2, 0.25) is 5.91 Å². The van der Waals surface area contributed by atoms with Gasteiger partial charge in [-0.3, -0.25) is 4.79 Å². The fourth-order valence-electron chi connectivity index (χ4n) is 1.45. The summed E-state index contributed by atoms with van der Waals surface area (Å²) < 4.78 is 0. The van der Waals surface area contributed by atoms with Crippen molar-refractivity contribution in [2.24, 2.45) is 5.92 Å². The van der Waals surface area contributed by atoms with Gasteiger partial charge in [0.25, 0.3) is 0 Å². The second-order valence-electron chi connectivity index (χ2n) is 3.94. The van der Waals surface area contributed by atoms with Crippen molar-refractivity contribution in [3.8, 4) is 0 Å². The molecule has 0 unspecified atom stereocenters. The fraction of sp³-hybridized carbons (Fsp3) is 0.600. The predicted molar refractivity (Wildman–Crippen MR) is 60.6 cm³/mol. The number of nitrogens with one attached hydrogen (secondary N) is 1. The van der Waals surface area contributed by atoms with Gasteiger partial charge >= 0.3 is 0 Å². The average molecular weight is 225 g/mol. The maximum Gasteiger partial charge on any atom is 0.226 e. The van der Waals surface area contributed by atoms with Crippen molar-refractivity contribution >= 4 is 22.4 Å². The van der Waals surface area contributed by atoms with Gasteiger partial charge in [-0.05, 0) is 12.3 Å². The number of carbonyl (C=O) groups excluding carboxylic acids is 1. The summed E-state index contributed by atoms with van der Waals surface area (Å²) in [6.07, 6.45) is 4.13. The molecule has 1 aromatic heterocycles. The lowest BCUT2D eigenvalue weighted by Crippen LogP contribution is -2.26. The molecule has 82 valence electrons. The molecule has 0 atom stereocenters. The highest BCUT2D eigenvalue weighted by atomic mass is 32.1. The second-order valence-corrected chi connectivity index (χ2v) is 4.83. The van der Waals surface area contributed by atoms with Gasteiger partial charge in [0.05, 0.1) is 12.1 Å². The first-order valence-electron chi connectivity index (χ1n) is 5.20. The van der Waals surface area contributed by atoms with Gasteiger partial charge in [-0.15, -0.1) is 11.3 Å². The fourth-order valence-corrected chi connectivity index (χ4v) is 2.02. The van der Waals surface area contributed by atoms with Crippen LogP contribution in [0.4, 0.5) is 5.13 Å². The van der Waals surface area contributed by atoms with E-state index in [1.807, 2.05) is 5.38 Å². The minimum absolute atomic E-state index is 0.0425. The van der Waals surface area contributed by atoms with E-state index in [4.69, 9.17) is 5.73 Å². The van der Waals surface area contributed by atoms with E-state index >= 15 is 0 Å². The first kappa shape index (κ1) is 10.4. The average Bonchev–Trinajstić information content (AvgIpc) is 2.91. The van der Waals surface area contributed by atoms with Crippen LogP contribution in [0.15, 0.2) is 5.38 Å². The van der Waals surface area contributed by atoms with Crippen molar-refractivity contribution in [2.75, 3.05) is 12.3 Å². The molecule has 0 spiro atoms. The zero-order valence-corrected chi connectivity index (χ0v) is 9.35. The summed E-state index contributed by atoms with van der Waals surface area (Å²) in [7, 11) is 0. The maximum absolute atomic E-state index is 11.4. The summed E-state index contributed by atoms with van der Waals surface area (Å²) in [6.45, 7) is 0.795. The number of carbonyl (C=O) groups is 1. The molecule has 1 aliphatic rings. The van der Waals surface area contributed by atoms with Crippen molar-refractivity contribution < 1.29 is 4.79 Å². The lowest BCUT2D eigenvalue weighted by molar-refractivity contribution is -0.120. The van der Waals surface area contributed by atoms with Gasteiger partial charge in [0.15, 0.2) is 5.13 Å². The van der Waals surface area contributed by atoms with Crippen molar-refractivity contribution in [1.29, 1.82) is 0 Å². The number of amides is 1. The van der Waals surface area contributed by atoms with Crippen LogP contribution in [0.2, 0.25) is 0 Å². The second kappa shape index (κ2) is 4.61. The SMILES string of the molecule is Nc1nc(CC(=O)NCCC2CC2)cs1. The summed E-state index contributed by atoms with van der Waals surface area (Å²) in [5.41, 5.74) is 6.24. The Morgan fingerprint density at radius 1 is 1.67 bits per heavy atom. The molecule has 1 amide bonds. The van der Waals surface area contributed by atoms with E-state index in [1.54, 1.807) is 0 Å². The molecule has 0 bridgehead atoms. The third kappa shape index (κ3) is 3.51. The zero-order valence-electron chi connectivity index (χ0n) is 8.53. The highest BCUT2D eigenvalue weighted by Crippen LogP contribution is 2.31. The molecule has 0 radical (unpaired) electrons. The summed E-state index contributed by atoms with van der Waals surface area (Å²) in [5, 5.41) is 5.25. The summed E-state index contributed by atoms with van der Waals surface area (Å²) >= 11 is 1.37. The Labute approximate surface area is 92.9 Å². The lowest BCUT2D eigenvalue weighted by atomic mass is 10.3. The van der Waals surface area contributed by atoms with Crippen LogP contribution in [-0.4, -0.2) is 17.4 Å². The molecule has 0 aliphatic heterocycles. The highest BCUT2D eigenvalue weighted by molar-refractivity contribution is 7.13. The van der Waals surface area contributed by atoms with Crippen LogP contribution in [0.1, 0.15) is 25.0 Å². The largest absolute Gasteiger partial charge is 0.375 e. The predicted octanol–water partition coefficient (Wildman–Crippen LogP) is 1.18. The minimum Gasteiger partial charge on any atom is -0.375 e. The van der Waals surface area contributed by atoms with E-state index in [0.717, 1.165) is 24.6 Å². The van der Waals surface area contributed by atoms with Crippen LogP contribution >= 0.6 is 11.3 Å². The minimum atomic E-state index is 0.0425. The Morgan fingerprint density at radius 3 is 3.07 bits per heavy atom. The van der Waals surface area contributed by atoms with E-state index in [1.165, 1.54) is 24.2 Å². The molecule has 4 nitrogen and oxygen atoms in total. The number of nitrogens with zero attached hydrogens (tertiary/aromatic N) is 1. The Balaban J connectivity index is 1.67. The number of rotatable bonds is 5. The van der Waals surface area contributed by atoms with Gasteiger partial charge in [0.1, 0.15) is 0 Å². The van der Waals surface area contributed by atoms with Crippen molar-refractivity contribution in [3.05, 3.63) is 11.1 Å². The topological polar surface area (TPSA) is 68.0 Å². The Kier molecular flexibility index (Phi) is 3.20. The molecule has 1 fully saturated rings. The molecule has 15 heavy (non-hydrogen) atoms. The Bertz CT molecular complexity index is 346. The molecule has 5 heteroatoms. The number of hydrogen-bond donors (Lipinski definition) is 2. The molecule has 2 rings (SSSR count). The molecular weight excluding hydrogens is 210 g/mol. The molecule has 3 N–H and O–H groups in total. The van der Waals surface area contributed by atoms with E-state index in [2.05, 4.69) is 10.3 Å². The molecule has 0 aromatic carbocycles. The van der Waals surface area contributed by atoms with Gasteiger partial charge in [-0.1, -0.05) is 12.8 Å². The van der Waals surface area contributed by atoms with Gasteiger partial charge in [-0.25, -0.2) is 4.98 Å². The van der Waals surface area contributed by atoms with Crippen molar-refractivity contribution in [3.63, 3.8) is 0 Å². The maximum atomic E-state index is 11.4. The number of nitrogens with two attached hydrogens (primary N) is 1. The molecule has 1 saturated carbocycles. The highest BCUT2D eigenvalue weighted by Gasteiger charge is 2.20. The normalized spacial score (nSPS) is 15.2. The van der Waals surface area contributed by atoms with Crippen LogP contribution < -0.4 is 11.1 Å². The van der Waals surface area contributed by atoms with Crippen molar-refractivity contribution in [2.45, 2.75) is 25.7 Å². The van der Waals surface area contributed by atoms with Gasteiger partial charge in [-0.2, -0.15) is 0 Å². The summed E-state index contributed by atoms with van der Waals surface area (Å²) in [6, 6.07) is 0. The van der Waals surface area contributed by atoms with E-state index in [-0.39, 0.29) is 5.91 Å². The molecule has 0 saturated heterocycles. The van der Waals surface area contributed by atoms with E-state index in [9.17, 15) is 4.79 Å². The van der Waals surface area contributed by atoms with Gasteiger partial charge in [0, 0.05) is 11.9 Å². The third-order valence-corrected chi connectivity index (χ3v) is 3.21. The first-order valence-corrected chi connectivity index (χ1v) is 6.08. The standard InChI is InChI=1S/C10H15N3OS/c11-10-13-8(6-15-10)5-9(14)12-4-3-7-1-2-7/h6-7H,1-5H2,(H2,11,13)(H,12,14). The molecular formula is C10H15N3OS. The summed E-state index contributed by atoms with van der Waals surface area (Å²) in [5.74, 6) is 0.904. The number of anilines is 1. The molecule has 1 heterocycles. The number of nitrogen functional groups attached to an aromatic ring is 1. The number of aromatic nitrogens is 1. The zero-order chi connectivity index (χ0) is 10.7. The molecule has 1 aromatic rings. The van der Waals surface area contributed by atoms with Crippen molar-refractivity contribution in [1.82, 2.24) is 10.3 Å². The van der Waals surface area contributed by atoms with Crippen LogP contribution in [0, 0.1) is 5.92 Å². The van der Waals surface area contributed by atoms with Crippen LogP contribution in [0.3, 0.4) is 0 Å². The van der Waals surface area contributed by atoms with Crippen LogP contribution in [0.5, 0.6) is 0 Å². The summed E-state index contributed by atoms with van der Waals surface area (Å²) in [4.78, 5) is 15.5. The van der Waals surface area contributed by atoms with Crippen LogP contribution in [-0.2, 0) is 11.2 Å². The lowest BCUT2D eigenvalue weighted by Gasteiger charge is -2.02. The first-order chi connectivity index (χ1) is 7.24. The smallest absolute Gasteiger partial charge is 0.226 e. The van der Waals surface area contributed by atoms with E-state index in [0.29, 0.717) is 11.6 Å². The number of hydrogen-bond acceptors (Lipinski definition) is 4. The third-order valence-electron chi connectivity index (χ3n) is 2.48. The Hall–Kier alpha value is -1.10. The monoisotopic (exact) mass is 225 g/mol. The quantitative estimate of drug-likeness (QED) is 0.790. The number of thiazole rings is 1. The van der Waals surface area contributed by atoms with E-state index < -0.39 is 0 Å². The van der Waals surface area contributed by atoms with Gasteiger partial charge < -0.3 is 11.1 Å². The molecule has 1 aliphatic carbocycles.